The van der Waals surface area contributed by atoms with E-state index in [2.05, 4.69) is 13.8 Å². The van der Waals surface area contributed by atoms with Gasteiger partial charge in [0.25, 0.3) is 0 Å². The van der Waals surface area contributed by atoms with Crippen LogP contribution in [0.4, 0.5) is 0 Å². The maximum absolute atomic E-state index is 11.5. The predicted octanol–water partition coefficient (Wildman–Crippen LogP) is 1.65. The molecule has 1 atom stereocenters. The van der Waals surface area contributed by atoms with Crippen molar-refractivity contribution in [2.45, 2.75) is 39.5 Å². The van der Waals surface area contributed by atoms with Crippen molar-refractivity contribution < 1.29 is 9.90 Å². The lowest BCUT2D eigenvalue weighted by molar-refractivity contribution is -0.130. The monoisotopic (exact) mass is 201 g/mol. The summed E-state index contributed by atoms with van der Waals surface area (Å²) in [6.07, 6.45) is 3.19. The van der Waals surface area contributed by atoms with Crippen molar-refractivity contribution in [2.75, 3.05) is 20.2 Å². The minimum atomic E-state index is 0.183. The number of carbonyl (C=O) groups excluding carboxylic acids is 1. The maximum atomic E-state index is 11.5. The van der Waals surface area contributed by atoms with E-state index in [1.807, 2.05) is 7.05 Å². The Bertz CT molecular complexity index is 159. The van der Waals surface area contributed by atoms with Gasteiger partial charge in [0.15, 0.2) is 0 Å². The molecule has 14 heavy (non-hydrogen) atoms. The van der Waals surface area contributed by atoms with E-state index >= 15 is 0 Å². The first-order valence-corrected chi connectivity index (χ1v) is 5.46. The summed E-state index contributed by atoms with van der Waals surface area (Å²) in [6.45, 7) is 5.31. The van der Waals surface area contributed by atoms with Gasteiger partial charge in [0.2, 0.25) is 5.91 Å². The van der Waals surface area contributed by atoms with Crippen LogP contribution in [-0.4, -0.2) is 36.1 Å². The smallest absolute Gasteiger partial charge is 0.222 e. The van der Waals surface area contributed by atoms with Crippen molar-refractivity contribution in [1.29, 1.82) is 0 Å². The molecule has 0 saturated heterocycles. The number of hydrogen-bond donors (Lipinski definition) is 1. The van der Waals surface area contributed by atoms with Crippen LogP contribution in [0, 0.1) is 5.92 Å². The van der Waals surface area contributed by atoms with Crippen LogP contribution in [0.5, 0.6) is 0 Å². The first-order valence-electron chi connectivity index (χ1n) is 5.46. The summed E-state index contributed by atoms with van der Waals surface area (Å²) in [5.41, 5.74) is 0. The van der Waals surface area contributed by atoms with Crippen LogP contribution in [0.2, 0.25) is 0 Å². The molecule has 0 rings (SSSR count). The van der Waals surface area contributed by atoms with E-state index in [-0.39, 0.29) is 12.5 Å². The Hall–Kier alpha value is -0.570. The zero-order chi connectivity index (χ0) is 11.0. The van der Waals surface area contributed by atoms with E-state index in [1.54, 1.807) is 4.90 Å². The van der Waals surface area contributed by atoms with Crippen molar-refractivity contribution in [1.82, 2.24) is 4.90 Å². The van der Waals surface area contributed by atoms with Crippen LogP contribution >= 0.6 is 0 Å². The van der Waals surface area contributed by atoms with Crippen LogP contribution < -0.4 is 0 Å². The summed E-state index contributed by atoms with van der Waals surface area (Å²) in [6, 6.07) is 0. The van der Waals surface area contributed by atoms with Crippen molar-refractivity contribution in [3.63, 3.8) is 0 Å². The highest BCUT2D eigenvalue weighted by atomic mass is 16.2. The largest absolute Gasteiger partial charge is 0.396 e. The molecule has 0 spiro atoms. The van der Waals surface area contributed by atoms with Crippen molar-refractivity contribution in [3.05, 3.63) is 0 Å². The lowest BCUT2D eigenvalue weighted by Gasteiger charge is -2.20. The lowest BCUT2D eigenvalue weighted by atomic mass is 10.1. The van der Waals surface area contributed by atoms with Crippen LogP contribution in [0.3, 0.4) is 0 Å². The molecule has 0 radical (unpaired) electrons. The molecule has 0 saturated carbocycles. The summed E-state index contributed by atoms with van der Waals surface area (Å²) in [4.78, 5) is 13.3. The van der Waals surface area contributed by atoms with E-state index in [0.717, 1.165) is 25.8 Å². The Labute approximate surface area is 87.1 Å². The zero-order valence-electron chi connectivity index (χ0n) is 9.62. The van der Waals surface area contributed by atoms with E-state index in [4.69, 9.17) is 5.11 Å². The van der Waals surface area contributed by atoms with Gasteiger partial charge in [0.1, 0.15) is 0 Å². The Morgan fingerprint density at radius 3 is 2.57 bits per heavy atom. The van der Waals surface area contributed by atoms with Gasteiger partial charge in [-0.2, -0.15) is 0 Å². The predicted molar refractivity (Wildman–Crippen MR) is 58.0 cm³/mol. The average Bonchev–Trinajstić information content (AvgIpc) is 2.17. The number of hydrogen-bond acceptors (Lipinski definition) is 2. The van der Waals surface area contributed by atoms with Gasteiger partial charge >= 0.3 is 0 Å². The molecule has 0 aromatic carbocycles. The highest BCUT2D eigenvalue weighted by molar-refractivity contribution is 5.75. The summed E-state index contributed by atoms with van der Waals surface area (Å²) < 4.78 is 0. The van der Waals surface area contributed by atoms with Crippen LogP contribution in [0.15, 0.2) is 0 Å². The average molecular weight is 201 g/mol. The zero-order valence-corrected chi connectivity index (χ0v) is 9.62. The summed E-state index contributed by atoms with van der Waals surface area (Å²) in [7, 11) is 1.85. The first-order chi connectivity index (χ1) is 6.61. The molecule has 84 valence electrons. The van der Waals surface area contributed by atoms with Crippen LogP contribution in [0.25, 0.3) is 0 Å². The van der Waals surface area contributed by atoms with Gasteiger partial charge < -0.3 is 10.0 Å². The fraction of sp³-hybridized carbons (Fsp3) is 0.909. The third-order valence-corrected chi connectivity index (χ3v) is 2.51. The molecule has 0 aromatic heterocycles. The summed E-state index contributed by atoms with van der Waals surface area (Å²) in [5.74, 6) is 0.764. The van der Waals surface area contributed by atoms with Gasteiger partial charge in [-0.05, 0) is 18.8 Å². The molecule has 1 N–H and O–H groups in total. The molecule has 1 amide bonds. The summed E-state index contributed by atoms with van der Waals surface area (Å²) in [5, 5.41) is 8.58. The molecule has 0 bridgehead atoms. The highest BCUT2D eigenvalue weighted by Crippen LogP contribution is 2.05. The van der Waals surface area contributed by atoms with Gasteiger partial charge in [-0.15, -0.1) is 0 Å². The highest BCUT2D eigenvalue weighted by Gasteiger charge is 2.10. The number of rotatable bonds is 7. The molecule has 3 nitrogen and oxygen atoms in total. The Morgan fingerprint density at radius 1 is 1.43 bits per heavy atom. The number of carbonyl (C=O) groups is 1. The number of aliphatic hydroxyl groups is 1. The molecule has 1 unspecified atom stereocenters. The quantitative estimate of drug-likeness (QED) is 0.636. The standard InChI is InChI=1S/C11H23NO2/c1-4-10(2)9-12(3)11(14)7-5-6-8-13/h10,13H,4-9H2,1-3H3. The Kier molecular flexibility index (Phi) is 7.48. The molecule has 0 aliphatic heterocycles. The fourth-order valence-corrected chi connectivity index (χ4v) is 1.28. The molecular weight excluding hydrogens is 178 g/mol. The minimum Gasteiger partial charge on any atom is -0.396 e. The van der Waals surface area contributed by atoms with Crippen LogP contribution in [-0.2, 0) is 4.79 Å². The first kappa shape index (κ1) is 13.4. The molecule has 3 heteroatoms. The Balaban J connectivity index is 3.64. The molecular formula is C11H23NO2. The van der Waals surface area contributed by atoms with Crippen molar-refractivity contribution in [3.8, 4) is 0 Å². The second-order valence-electron chi connectivity index (χ2n) is 3.97. The van der Waals surface area contributed by atoms with Gasteiger partial charge in [0, 0.05) is 26.6 Å². The second kappa shape index (κ2) is 7.80. The molecule has 0 heterocycles. The molecule has 0 fully saturated rings. The fourth-order valence-electron chi connectivity index (χ4n) is 1.28. The van der Waals surface area contributed by atoms with E-state index in [0.29, 0.717) is 12.3 Å². The number of aliphatic hydroxyl groups excluding tert-OH is 1. The van der Waals surface area contributed by atoms with Gasteiger partial charge in [-0.25, -0.2) is 0 Å². The topological polar surface area (TPSA) is 40.5 Å². The third kappa shape index (κ3) is 5.97. The van der Waals surface area contributed by atoms with Crippen molar-refractivity contribution >= 4 is 5.91 Å². The van der Waals surface area contributed by atoms with E-state index in [9.17, 15) is 4.79 Å². The molecule has 0 aliphatic carbocycles. The number of nitrogens with zero attached hydrogens (tertiary/aromatic N) is 1. The normalized spacial score (nSPS) is 12.6. The van der Waals surface area contributed by atoms with Crippen LogP contribution in [0.1, 0.15) is 39.5 Å². The number of unbranched alkanes of at least 4 members (excludes halogenated alkanes) is 1. The van der Waals surface area contributed by atoms with Gasteiger partial charge in [-0.1, -0.05) is 20.3 Å². The van der Waals surface area contributed by atoms with Gasteiger partial charge in [-0.3, -0.25) is 4.79 Å². The van der Waals surface area contributed by atoms with E-state index in [1.165, 1.54) is 0 Å². The van der Waals surface area contributed by atoms with Crippen molar-refractivity contribution in [2.24, 2.45) is 5.92 Å². The number of amides is 1. The Morgan fingerprint density at radius 2 is 2.07 bits per heavy atom. The molecule has 0 aliphatic rings. The second-order valence-corrected chi connectivity index (χ2v) is 3.97. The third-order valence-electron chi connectivity index (χ3n) is 2.51. The summed E-state index contributed by atoms with van der Waals surface area (Å²) >= 11 is 0. The van der Waals surface area contributed by atoms with E-state index < -0.39 is 0 Å². The lowest BCUT2D eigenvalue weighted by Crippen LogP contribution is -2.30. The maximum Gasteiger partial charge on any atom is 0.222 e. The minimum absolute atomic E-state index is 0.183. The van der Waals surface area contributed by atoms with Gasteiger partial charge in [0.05, 0.1) is 0 Å². The molecule has 0 aromatic rings. The SMILES string of the molecule is CCC(C)CN(C)C(=O)CCCCO.